The molecular formula is C21H24ClN3O4S2. The van der Waals surface area contributed by atoms with Crippen molar-refractivity contribution in [2.75, 3.05) is 20.4 Å². The van der Waals surface area contributed by atoms with E-state index in [1.807, 2.05) is 23.8 Å². The zero-order valence-electron chi connectivity index (χ0n) is 17.8. The van der Waals surface area contributed by atoms with Crippen LogP contribution >= 0.6 is 23.4 Å². The van der Waals surface area contributed by atoms with Crippen molar-refractivity contribution in [2.24, 2.45) is 0 Å². The fourth-order valence-electron chi connectivity index (χ4n) is 3.11. The summed E-state index contributed by atoms with van der Waals surface area (Å²) in [4.78, 5) is 18.2. The first kappa shape index (κ1) is 23.6. The summed E-state index contributed by atoms with van der Waals surface area (Å²) in [5.74, 6) is 0.00798. The van der Waals surface area contributed by atoms with Crippen molar-refractivity contribution in [3.8, 4) is 0 Å². The molecule has 0 bridgehead atoms. The summed E-state index contributed by atoms with van der Waals surface area (Å²) in [5, 5.41) is 0.323. The molecule has 3 aromatic rings. The molecule has 0 aliphatic rings. The number of hydrogen-bond acceptors (Lipinski definition) is 6. The molecule has 166 valence electrons. The second-order valence-corrected chi connectivity index (χ2v) is 10.5. The zero-order chi connectivity index (χ0) is 22.8. The summed E-state index contributed by atoms with van der Waals surface area (Å²) in [6, 6.07) is 10.0. The molecule has 0 saturated carbocycles. The van der Waals surface area contributed by atoms with Gasteiger partial charge in [0.2, 0.25) is 10.0 Å². The normalized spacial score (nSPS) is 11.9. The first-order valence-corrected chi connectivity index (χ1v) is 12.7. The third-order valence-corrected chi connectivity index (χ3v) is 7.62. The summed E-state index contributed by atoms with van der Waals surface area (Å²) in [6.45, 7) is 2.63. The largest absolute Gasteiger partial charge is 0.454 e. The molecule has 0 fully saturated rings. The van der Waals surface area contributed by atoms with E-state index in [0.717, 1.165) is 21.1 Å². The predicted molar refractivity (Wildman–Crippen MR) is 123 cm³/mol. The molecule has 0 radical (unpaired) electrons. The van der Waals surface area contributed by atoms with E-state index in [2.05, 4.69) is 4.98 Å². The van der Waals surface area contributed by atoms with E-state index in [4.69, 9.17) is 16.3 Å². The van der Waals surface area contributed by atoms with E-state index < -0.39 is 16.0 Å². The van der Waals surface area contributed by atoms with Crippen molar-refractivity contribution in [1.82, 2.24) is 13.9 Å². The van der Waals surface area contributed by atoms with Crippen molar-refractivity contribution >= 4 is 50.4 Å². The van der Waals surface area contributed by atoms with Gasteiger partial charge in [-0.2, -0.15) is 0 Å². The van der Waals surface area contributed by atoms with E-state index in [9.17, 15) is 13.2 Å². The minimum Gasteiger partial charge on any atom is -0.454 e. The van der Waals surface area contributed by atoms with Gasteiger partial charge >= 0.3 is 5.97 Å². The zero-order valence-corrected chi connectivity index (χ0v) is 20.1. The van der Waals surface area contributed by atoms with Gasteiger partial charge in [-0.15, -0.1) is 11.8 Å². The highest BCUT2D eigenvalue weighted by Crippen LogP contribution is 2.25. The molecule has 0 amide bonds. The predicted octanol–water partition coefficient (Wildman–Crippen LogP) is 4.43. The number of rotatable bonds is 8. The number of halogens is 1. The summed E-state index contributed by atoms with van der Waals surface area (Å²) in [5.41, 5.74) is 1.61. The van der Waals surface area contributed by atoms with Crippen LogP contribution in [-0.4, -0.2) is 48.6 Å². The van der Waals surface area contributed by atoms with Gasteiger partial charge in [0.25, 0.3) is 0 Å². The molecule has 2 aromatic carbocycles. The number of aryl methyl sites for hydroxylation is 1. The number of benzene rings is 2. The Balaban J connectivity index is 1.92. The Labute approximate surface area is 191 Å². The van der Waals surface area contributed by atoms with Crippen molar-refractivity contribution in [2.45, 2.75) is 36.3 Å². The topological polar surface area (TPSA) is 81.5 Å². The number of esters is 1. The molecule has 10 heteroatoms. The summed E-state index contributed by atoms with van der Waals surface area (Å²) < 4.78 is 33.5. The Hall–Kier alpha value is -2.07. The monoisotopic (exact) mass is 481 g/mol. The first-order chi connectivity index (χ1) is 14.7. The number of thioether (sulfide) groups is 1. The van der Waals surface area contributed by atoms with Gasteiger partial charge < -0.3 is 9.30 Å². The molecule has 0 aliphatic carbocycles. The van der Waals surface area contributed by atoms with Gasteiger partial charge in [0.15, 0.2) is 0 Å². The highest BCUT2D eigenvalue weighted by Gasteiger charge is 2.20. The van der Waals surface area contributed by atoms with Crippen LogP contribution in [0.5, 0.6) is 0 Å². The molecular weight excluding hydrogens is 458 g/mol. The average molecular weight is 482 g/mol. The van der Waals surface area contributed by atoms with Gasteiger partial charge in [0, 0.05) is 25.5 Å². The van der Waals surface area contributed by atoms with Gasteiger partial charge in [-0.3, -0.25) is 0 Å². The molecule has 0 atom stereocenters. The Morgan fingerprint density at radius 1 is 1.23 bits per heavy atom. The molecule has 0 spiro atoms. The fourth-order valence-corrected chi connectivity index (χ4v) is 4.67. The van der Waals surface area contributed by atoms with Gasteiger partial charge in [-0.25, -0.2) is 22.5 Å². The van der Waals surface area contributed by atoms with Crippen molar-refractivity contribution < 1.29 is 17.9 Å². The highest BCUT2D eigenvalue weighted by molar-refractivity contribution is 7.98. The number of sulfonamides is 1. The maximum absolute atomic E-state index is 12.6. The molecule has 0 unspecified atom stereocenters. The number of nitrogens with zero attached hydrogens (tertiary/aromatic N) is 3. The number of hydrogen-bond donors (Lipinski definition) is 0. The molecule has 0 saturated heterocycles. The van der Waals surface area contributed by atoms with Crippen LogP contribution in [0.4, 0.5) is 0 Å². The average Bonchev–Trinajstić information content (AvgIpc) is 3.09. The lowest BCUT2D eigenvalue weighted by Gasteiger charge is -2.11. The van der Waals surface area contributed by atoms with Crippen LogP contribution < -0.4 is 0 Å². The highest BCUT2D eigenvalue weighted by atomic mass is 35.5. The summed E-state index contributed by atoms with van der Waals surface area (Å²) >= 11 is 7.67. The SMILES string of the molecule is CCCn1c(COC(=O)c2cc(SC)ccc2Cl)nc2cc(S(=O)(=O)N(C)C)ccc21. The number of ether oxygens (including phenoxy) is 1. The number of carbonyl (C=O) groups is 1. The van der Waals surface area contributed by atoms with Crippen LogP contribution in [0.25, 0.3) is 11.0 Å². The summed E-state index contributed by atoms with van der Waals surface area (Å²) in [7, 11) is -0.609. The third-order valence-electron chi connectivity index (χ3n) is 4.75. The maximum atomic E-state index is 12.6. The Morgan fingerprint density at radius 3 is 2.61 bits per heavy atom. The Kier molecular flexibility index (Phi) is 7.31. The molecule has 1 heterocycles. The standard InChI is InChI=1S/C21H24ClN3O4S2/c1-5-10-25-19-9-7-15(31(27,28)24(2)3)12-18(19)23-20(25)13-29-21(26)16-11-14(30-4)6-8-17(16)22/h6-9,11-12H,5,10,13H2,1-4H3. The summed E-state index contributed by atoms with van der Waals surface area (Å²) in [6.07, 6.45) is 2.75. The van der Waals surface area contributed by atoms with Crippen molar-refractivity contribution in [3.63, 3.8) is 0 Å². The van der Waals surface area contributed by atoms with E-state index in [1.54, 1.807) is 30.3 Å². The Bertz CT molecular complexity index is 1220. The third kappa shape index (κ3) is 4.90. The van der Waals surface area contributed by atoms with Crippen molar-refractivity contribution in [1.29, 1.82) is 0 Å². The molecule has 0 N–H and O–H groups in total. The van der Waals surface area contributed by atoms with Crippen LogP contribution in [0.15, 0.2) is 46.2 Å². The van der Waals surface area contributed by atoms with Crippen LogP contribution in [0, 0.1) is 0 Å². The number of fused-ring (bicyclic) bond motifs is 1. The lowest BCUT2D eigenvalue weighted by atomic mass is 10.2. The van der Waals surface area contributed by atoms with Gasteiger partial charge in [0.05, 0.1) is 26.5 Å². The molecule has 3 rings (SSSR count). The quantitative estimate of drug-likeness (QED) is 0.349. The second kappa shape index (κ2) is 9.60. The van der Waals surface area contributed by atoms with Gasteiger partial charge in [0.1, 0.15) is 12.4 Å². The second-order valence-electron chi connectivity index (χ2n) is 7.04. The van der Waals surface area contributed by atoms with E-state index in [0.29, 0.717) is 28.5 Å². The number of imidazole rings is 1. The van der Waals surface area contributed by atoms with Crippen molar-refractivity contribution in [3.05, 3.63) is 52.8 Å². The minimum atomic E-state index is -3.58. The van der Waals surface area contributed by atoms with E-state index >= 15 is 0 Å². The minimum absolute atomic E-state index is 0.0525. The molecule has 31 heavy (non-hydrogen) atoms. The lowest BCUT2D eigenvalue weighted by molar-refractivity contribution is 0.0458. The van der Waals surface area contributed by atoms with Gasteiger partial charge in [-0.05, 0) is 49.1 Å². The van der Waals surface area contributed by atoms with Crippen LogP contribution in [0.1, 0.15) is 29.5 Å². The van der Waals surface area contributed by atoms with Gasteiger partial charge in [-0.1, -0.05) is 18.5 Å². The smallest absolute Gasteiger partial charge is 0.340 e. The molecule has 7 nitrogen and oxygen atoms in total. The lowest BCUT2D eigenvalue weighted by Crippen LogP contribution is -2.22. The van der Waals surface area contributed by atoms with Crippen LogP contribution in [0.2, 0.25) is 5.02 Å². The molecule has 1 aromatic heterocycles. The number of carbonyl (C=O) groups excluding carboxylic acids is 1. The van der Waals surface area contributed by atoms with Crippen LogP contribution in [-0.2, 0) is 27.9 Å². The van der Waals surface area contributed by atoms with E-state index in [-0.39, 0.29) is 11.5 Å². The number of aromatic nitrogens is 2. The maximum Gasteiger partial charge on any atom is 0.340 e. The Morgan fingerprint density at radius 2 is 1.97 bits per heavy atom. The first-order valence-electron chi connectivity index (χ1n) is 9.61. The molecule has 0 aliphatic heterocycles. The van der Waals surface area contributed by atoms with Crippen LogP contribution in [0.3, 0.4) is 0 Å². The van der Waals surface area contributed by atoms with E-state index in [1.165, 1.54) is 25.9 Å². The fraction of sp³-hybridized carbons (Fsp3) is 0.333.